The molecule has 0 unspecified atom stereocenters. The minimum absolute atomic E-state index is 0. The zero-order valence-corrected chi connectivity index (χ0v) is 13.2. The van der Waals surface area contributed by atoms with Gasteiger partial charge in [0.15, 0.2) is 0 Å². The second-order valence-electron chi connectivity index (χ2n) is 3.49. The summed E-state index contributed by atoms with van der Waals surface area (Å²) in [6.07, 6.45) is -1.84. The van der Waals surface area contributed by atoms with Gasteiger partial charge in [-0.15, -0.1) is 0 Å². The number of rotatable bonds is 5. The maximum Gasteiger partial charge on any atom is 1.00 e. The molecule has 0 spiro atoms. The zero-order chi connectivity index (χ0) is 12.7. The third kappa shape index (κ3) is 8.98. The van der Waals surface area contributed by atoms with Crippen LogP contribution in [0.5, 0.6) is 0 Å². The van der Waals surface area contributed by atoms with Crippen molar-refractivity contribution in [3.05, 3.63) is 35.9 Å². The molecule has 0 radical (unpaired) electrons. The van der Waals surface area contributed by atoms with Gasteiger partial charge in [-0.3, -0.25) is 0 Å². The molecule has 0 saturated carbocycles. The van der Waals surface area contributed by atoms with Crippen molar-refractivity contribution >= 4 is 13.1 Å². The molecule has 0 aliphatic rings. The fraction of sp³-hybridized carbons (Fsp3) is 0.300. The molecular formula is C10H12BF3KNO2. The number of carbonyl (C=O) groups is 1. The Hall–Kier alpha value is -0.0187. The molecule has 1 aromatic rings. The molecular weight excluding hydrogens is 273 g/mol. The van der Waals surface area contributed by atoms with E-state index in [0.29, 0.717) is 0 Å². The number of alkyl carbamates (subject to hydrolysis) is 1. The van der Waals surface area contributed by atoms with Crippen LogP contribution in [0, 0.1) is 0 Å². The van der Waals surface area contributed by atoms with E-state index in [2.05, 4.69) is 0 Å². The van der Waals surface area contributed by atoms with Crippen LogP contribution in [0.3, 0.4) is 0 Å². The van der Waals surface area contributed by atoms with Gasteiger partial charge in [0.05, 0.1) is 0 Å². The number of hydrogen-bond donors (Lipinski definition) is 1. The van der Waals surface area contributed by atoms with Crippen molar-refractivity contribution in [1.82, 2.24) is 5.32 Å². The Labute approximate surface area is 146 Å². The van der Waals surface area contributed by atoms with Crippen molar-refractivity contribution in [3.63, 3.8) is 0 Å². The van der Waals surface area contributed by atoms with Crippen LogP contribution in [0.15, 0.2) is 30.3 Å². The third-order valence-corrected chi connectivity index (χ3v) is 1.95. The van der Waals surface area contributed by atoms with Crippen molar-refractivity contribution in [3.8, 4) is 0 Å². The van der Waals surface area contributed by atoms with E-state index in [9.17, 15) is 17.7 Å². The third-order valence-electron chi connectivity index (χ3n) is 1.95. The van der Waals surface area contributed by atoms with Gasteiger partial charge >= 0.3 is 64.5 Å². The SMILES string of the molecule is O=C(NCC[B-](F)(F)F)OCc1ccccc1.[K+]. The molecule has 1 aromatic carbocycles. The number of amides is 1. The zero-order valence-electron chi connectivity index (χ0n) is 10.0. The second kappa shape index (κ2) is 8.98. The maximum absolute atomic E-state index is 11.8. The molecule has 0 aliphatic heterocycles. The summed E-state index contributed by atoms with van der Waals surface area (Å²) in [7, 11) is 0. The molecule has 1 N–H and O–H groups in total. The van der Waals surface area contributed by atoms with E-state index in [1.54, 1.807) is 24.3 Å². The molecule has 94 valence electrons. The molecule has 0 bridgehead atoms. The predicted molar refractivity (Wildman–Crippen MR) is 58.5 cm³/mol. The van der Waals surface area contributed by atoms with Gasteiger partial charge in [-0.2, -0.15) is 0 Å². The van der Waals surface area contributed by atoms with Gasteiger partial charge in [0.2, 0.25) is 0 Å². The van der Waals surface area contributed by atoms with E-state index in [4.69, 9.17) is 4.74 Å². The largest absolute Gasteiger partial charge is 1.00 e. The number of halogens is 3. The van der Waals surface area contributed by atoms with Crippen molar-refractivity contribution in [2.24, 2.45) is 0 Å². The van der Waals surface area contributed by atoms with E-state index in [-0.39, 0.29) is 58.0 Å². The molecule has 0 atom stereocenters. The minimum Gasteiger partial charge on any atom is -0.449 e. The summed E-state index contributed by atoms with van der Waals surface area (Å²) in [4.78, 5) is 11.0. The first-order chi connectivity index (χ1) is 7.97. The molecule has 0 fully saturated rings. The fourth-order valence-electron chi connectivity index (χ4n) is 1.11. The molecule has 1 rings (SSSR count). The summed E-state index contributed by atoms with van der Waals surface area (Å²) in [5.41, 5.74) is 0.780. The Morgan fingerprint density at radius 3 is 2.39 bits per heavy atom. The van der Waals surface area contributed by atoms with Gasteiger partial charge in [0.1, 0.15) is 6.61 Å². The first kappa shape index (κ1) is 18.0. The summed E-state index contributed by atoms with van der Waals surface area (Å²) in [5.74, 6) is 0. The van der Waals surface area contributed by atoms with E-state index in [0.717, 1.165) is 5.56 Å². The molecule has 0 saturated heterocycles. The van der Waals surface area contributed by atoms with Crippen LogP contribution in [0.4, 0.5) is 17.7 Å². The number of ether oxygens (including phenoxy) is 1. The van der Waals surface area contributed by atoms with Crippen LogP contribution in [0.25, 0.3) is 0 Å². The topological polar surface area (TPSA) is 38.3 Å². The molecule has 0 heterocycles. The van der Waals surface area contributed by atoms with Gasteiger partial charge in [-0.05, 0) is 12.1 Å². The van der Waals surface area contributed by atoms with Crippen molar-refractivity contribution in [2.45, 2.75) is 12.9 Å². The quantitative estimate of drug-likeness (QED) is 0.759. The summed E-state index contributed by atoms with van der Waals surface area (Å²) >= 11 is 0. The first-order valence-corrected chi connectivity index (χ1v) is 5.13. The monoisotopic (exact) mass is 285 g/mol. The van der Waals surface area contributed by atoms with E-state index in [1.807, 2.05) is 11.4 Å². The summed E-state index contributed by atoms with van der Waals surface area (Å²) < 4.78 is 40.2. The molecule has 1 amide bonds. The van der Waals surface area contributed by atoms with Crippen LogP contribution in [-0.4, -0.2) is 19.6 Å². The van der Waals surface area contributed by atoms with Crippen LogP contribution < -0.4 is 56.7 Å². The smallest absolute Gasteiger partial charge is 0.449 e. The van der Waals surface area contributed by atoms with Crippen LogP contribution in [0.1, 0.15) is 5.56 Å². The second-order valence-corrected chi connectivity index (χ2v) is 3.49. The standard InChI is InChI=1S/C10H12BF3NO2.K/c12-11(13,14)6-7-15-10(16)17-8-9-4-2-1-3-5-9;/h1-5H,6-8H2,(H,15,16);/q-1;+1. The fourth-order valence-corrected chi connectivity index (χ4v) is 1.11. The van der Waals surface area contributed by atoms with E-state index in [1.165, 1.54) is 0 Å². The van der Waals surface area contributed by atoms with Crippen molar-refractivity contribution in [1.29, 1.82) is 0 Å². The van der Waals surface area contributed by atoms with Crippen LogP contribution in [0.2, 0.25) is 6.32 Å². The van der Waals surface area contributed by atoms with E-state index >= 15 is 0 Å². The van der Waals surface area contributed by atoms with Crippen molar-refractivity contribution in [2.75, 3.05) is 6.54 Å². The molecule has 18 heavy (non-hydrogen) atoms. The Kier molecular flexibility index (Phi) is 8.97. The molecule has 3 nitrogen and oxygen atoms in total. The predicted octanol–water partition coefficient (Wildman–Crippen LogP) is -0.236. The normalized spacial score (nSPS) is 10.4. The first-order valence-electron chi connectivity index (χ1n) is 5.13. The number of benzene rings is 1. The van der Waals surface area contributed by atoms with Gasteiger partial charge in [0, 0.05) is 0 Å². The van der Waals surface area contributed by atoms with Crippen LogP contribution >= 0.6 is 0 Å². The average molecular weight is 285 g/mol. The average Bonchev–Trinajstić information content (AvgIpc) is 2.26. The van der Waals surface area contributed by atoms with Gasteiger partial charge in [-0.1, -0.05) is 36.7 Å². The Balaban J connectivity index is 0.00000289. The number of hydrogen-bond acceptors (Lipinski definition) is 2. The summed E-state index contributed by atoms with van der Waals surface area (Å²) in [5, 5.41) is 2.04. The minimum atomic E-state index is -4.86. The molecule has 8 heteroatoms. The molecule has 0 aromatic heterocycles. The van der Waals surface area contributed by atoms with Gasteiger partial charge in [0.25, 0.3) is 0 Å². The van der Waals surface area contributed by atoms with Crippen molar-refractivity contribution < 1.29 is 73.9 Å². The summed E-state index contributed by atoms with van der Waals surface area (Å²) in [6, 6.07) is 8.89. The Morgan fingerprint density at radius 2 is 1.83 bits per heavy atom. The maximum atomic E-state index is 11.8. The van der Waals surface area contributed by atoms with Gasteiger partial charge < -0.3 is 23.0 Å². The number of carbonyl (C=O) groups excluding carboxylic acids is 1. The van der Waals surface area contributed by atoms with Gasteiger partial charge in [-0.25, -0.2) is 4.79 Å². The Bertz CT molecular complexity index is 362. The Morgan fingerprint density at radius 1 is 1.22 bits per heavy atom. The molecule has 0 aliphatic carbocycles. The number of nitrogens with one attached hydrogen (secondary N) is 1. The van der Waals surface area contributed by atoms with Crippen LogP contribution in [-0.2, 0) is 11.3 Å². The summed E-state index contributed by atoms with van der Waals surface area (Å²) in [6.45, 7) is -5.26. The van der Waals surface area contributed by atoms with E-state index < -0.39 is 25.9 Å².